The Morgan fingerprint density at radius 1 is 1.26 bits per heavy atom. The lowest BCUT2D eigenvalue weighted by Crippen LogP contribution is -2.40. The van der Waals surface area contributed by atoms with Crippen molar-refractivity contribution >= 4 is 5.91 Å². The zero-order chi connectivity index (χ0) is 16.4. The molecule has 1 amide bonds. The van der Waals surface area contributed by atoms with E-state index in [-0.39, 0.29) is 0 Å². The second-order valence-corrected chi connectivity index (χ2v) is 7.90. The fourth-order valence-corrected chi connectivity index (χ4v) is 3.92. The van der Waals surface area contributed by atoms with E-state index >= 15 is 0 Å². The maximum atomic E-state index is 12.5. The van der Waals surface area contributed by atoms with Crippen LogP contribution < -0.4 is 5.32 Å². The molecule has 126 valence electrons. The molecule has 1 unspecified atom stereocenters. The van der Waals surface area contributed by atoms with Crippen molar-refractivity contribution in [2.45, 2.75) is 51.5 Å². The van der Waals surface area contributed by atoms with Crippen molar-refractivity contribution in [3.8, 4) is 5.75 Å². The monoisotopic (exact) mass is 316 g/mol. The van der Waals surface area contributed by atoms with Crippen molar-refractivity contribution in [2.75, 3.05) is 19.6 Å². The number of carbonyl (C=O) groups excluding carboxylic acids is 1. The number of nitrogens with one attached hydrogen (secondary N) is 1. The van der Waals surface area contributed by atoms with Gasteiger partial charge >= 0.3 is 0 Å². The van der Waals surface area contributed by atoms with Crippen LogP contribution in [0.15, 0.2) is 24.3 Å². The first-order valence-electron chi connectivity index (χ1n) is 8.73. The Balaban J connectivity index is 1.48. The van der Waals surface area contributed by atoms with Crippen LogP contribution in [0.1, 0.15) is 51.0 Å². The van der Waals surface area contributed by atoms with Crippen molar-refractivity contribution in [2.24, 2.45) is 5.41 Å². The third kappa shape index (κ3) is 4.05. The van der Waals surface area contributed by atoms with E-state index in [0.29, 0.717) is 35.5 Å². The molecule has 2 fully saturated rings. The van der Waals surface area contributed by atoms with Gasteiger partial charge in [-0.2, -0.15) is 0 Å². The molecule has 0 radical (unpaired) electrons. The van der Waals surface area contributed by atoms with E-state index in [1.165, 1.54) is 5.56 Å². The molecule has 0 saturated carbocycles. The lowest BCUT2D eigenvalue weighted by molar-refractivity contribution is -0.132. The minimum Gasteiger partial charge on any atom is -0.508 e. The summed E-state index contributed by atoms with van der Waals surface area (Å²) in [6.45, 7) is 7.22. The highest BCUT2D eigenvalue weighted by atomic mass is 16.3. The minimum absolute atomic E-state index is 0.296. The average molecular weight is 316 g/mol. The van der Waals surface area contributed by atoms with E-state index in [2.05, 4.69) is 19.2 Å². The van der Waals surface area contributed by atoms with Crippen molar-refractivity contribution in [1.29, 1.82) is 0 Å². The van der Waals surface area contributed by atoms with Gasteiger partial charge in [-0.15, -0.1) is 0 Å². The van der Waals surface area contributed by atoms with E-state index in [1.54, 1.807) is 12.1 Å². The lowest BCUT2D eigenvalue weighted by Gasteiger charge is -2.33. The number of hydrogen-bond donors (Lipinski definition) is 2. The standard InChI is InChI=1S/C19H28N2O2/c1-19(2)12-16(20-13-19)11-18(23)21-9-7-15(8-10-21)14-3-5-17(22)6-4-14/h3-6,15-16,20,22H,7-13H2,1-2H3. The summed E-state index contributed by atoms with van der Waals surface area (Å²) in [5.41, 5.74) is 1.59. The number of carbonyl (C=O) groups is 1. The van der Waals surface area contributed by atoms with Crippen molar-refractivity contribution in [1.82, 2.24) is 10.2 Å². The molecule has 0 aromatic heterocycles. The number of phenolic OH excluding ortho intramolecular Hbond substituents is 1. The quantitative estimate of drug-likeness (QED) is 0.901. The molecule has 0 bridgehead atoms. The Morgan fingerprint density at radius 3 is 2.48 bits per heavy atom. The van der Waals surface area contributed by atoms with Gasteiger partial charge in [-0.1, -0.05) is 26.0 Å². The summed E-state index contributed by atoms with van der Waals surface area (Å²) in [4.78, 5) is 14.5. The molecule has 4 nitrogen and oxygen atoms in total. The number of hydrogen-bond acceptors (Lipinski definition) is 3. The number of amides is 1. The maximum Gasteiger partial charge on any atom is 0.224 e. The number of benzene rings is 1. The van der Waals surface area contributed by atoms with Gasteiger partial charge in [0.1, 0.15) is 5.75 Å². The summed E-state index contributed by atoms with van der Waals surface area (Å²) in [6.07, 6.45) is 3.75. The molecule has 0 spiro atoms. The number of likely N-dealkylation sites (tertiary alicyclic amines) is 1. The van der Waals surface area contributed by atoms with E-state index in [9.17, 15) is 9.90 Å². The van der Waals surface area contributed by atoms with Crippen LogP contribution in [-0.2, 0) is 4.79 Å². The van der Waals surface area contributed by atoms with Gasteiger partial charge in [0, 0.05) is 32.1 Å². The number of nitrogens with zero attached hydrogens (tertiary/aromatic N) is 1. The highest BCUT2D eigenvalue weighted by Crippen LogP contribution is 2.31. The van der Waals surface area contributed by atoms with Gasteiger partial charge in [-0.3, -0.25) is 4.79 Å². The Kier molecular flexibility index (Phi) is 4.62. The number of aromatic hydroxyl groups is 1. The van der Waals surface area contributed by atoms with Crippen LogP contribution in [0.4, 0.5) is 0 Å². The van der Waals surface area contributed by atoms with Crippen LogP contribution in [-0.4, -0.2) is 41.6 Å². The molecule has 2 N–H and O–H groups in total. The SMILES string of the molecule is CC1(C)CNC(CC(=O)N2CCC(c3ccc(O)cc3)CC2)C1. The Labute approximate surface area is 138 Å². The van der Waals surface area contributed by atoms with Gasteiger partial charge in [0.2, 0.25) is 5.91 Å². The molecular formula is C19H28N2O2. The largest absolute Gasteiger partial charge is 0.508 e. The zero-order valence-corrected chi connectivity index (χ0v) is 14.2. The first-order chi connectivity index (χ1) is 10.9. The van der Waals surface area contributed by atoms with E-state index in [4.69, 9.17) is 0 Å². The zero-order valence-electron chi connectivity index (χ0n) is 14.2. The summed E-state index contributed by atoms with van der Waals surface area (Å²) in [5.74, 6) is 1.11. The molecule has 1 atom stereocenters. The summed E-state index contributed by atoms with van der Waals surface area (Å²) in [6, 6.07) is 7.84. The summed E-state index contributed by atoms with van der Waals surface area (Å²) >= 11 is 0. The summed E-state index contributed by atoms with van der Waals surface area (Å²) in [5, 5.41) is 12.9. The molecule has 23 heavy (non-hydrogen) atoms. The molecule has 1 aromatic rings. The van der Waals surface area contributed by atoms with E-state index in [0.717, 1.165) is 38.9 Å². The Morgan fingerprint density at radius 2 is 1.91 bits per heavy atom. The van der Waals surface area contributed by atoms with Crippen molar-refractivity contribution in [3.05, 3.63) is 29.8 Å². The lowest BCUT2D eigenvalue weighted by atomic mass is 9.88. The molecule has 2 heterocycles. The first-order valence-corrected chi connectivity index (χ1v) is 8.73. The van der Waals surface area contributed by atoms with Crippen LogP contribution in [0.25, 0.3) is 0 Å². The van der Waals surface area contributed by atoms with Gasteiger partial charge in [-0.25, -0.2) is 0 Å². The fourth-order valence-electron chi connectivity index (χ4n) is 3.92. The smallest absolute Gasteiger partial charge is 0.224 e. The molecule has 2 aliphatic heterocycles. The average Bonchev–Trinajstić information content (AvgIpc) is 2.87. The third-order valence-electron chi connectivity index (χ3n) is 5.30. The first kappa shape index (κ1) is 16.3. The van der Waals surface area contributed by atoms with Crippen LogP contribution >= 0.6 is 0 Å². The van der Waals surface area contributed by atoms with Gasteiger partial charge in [0.15, 0.2) is 0 Å². The Bertz CT molecular complexity index is 545. The van der Waals surface area contributed by atoms with Gasteiger partial charge in [-0.05, 0) is 48.3 Å². The van der Waals surface area contributed by atoms with Crippen LogP contribution in [0.5, 0.6) is 5.75 Å². The fraction of sp³-hybridized carbons (Fsp3) is 0.632. The maximum absolute atomic E-state index is 12.5. The molecule has 3 rings (SSSR count). The molecule has 2 aliphatic rings. The van der Waals surface area contributed by atoms with Crippen LogP contribution in [0.2, 0.25) is 0 Å². The summed E-state index contributed by atoms with van der Waals surface area (Å²) in [7, 11) is 0. The number of piperidine rings is 1. The molecule has 4 heteroatoms. The summed E-state index contributed by atoms with van der Waals surface area (Å²) < 4.78 is 0. The van der Waals surface area contributed by atoms with Crippen molar-refractivity contribution < 1.29 is 9.90 Å². The normalized spacial score (nSPS) is 24.8. The third-order valence-corrected chi connectivity index (χ3v) is 5.30. The van der Waals surface area contributed by atoms with Crippen LogP contribution in [0, 0.1) is 5.41 Å². The highest BCUT2D eigenvalue weighted by Gasteiger charge is 2.33. The second-order valence-electron chi connectivity index (χ2n) is 7.90. The topological polar surface area (TPSA) is 52.6 Å². The van der Waals surface area contributed by atoms with Crippen molar-refractivity contribution in [3.63, 3.8) is 0 Å². The van der Waals surface area contributed by atoms with Gasteiger partial charge in [0.05, 0.1) is 0 Å². The molecule has 0 aliphatic carbocycles. The predicted octanol–water partition coefficient (Wildman–Crippen LogP) is 2.88. The Hall–Kier alpha value is -1.55. The number of rotatable bonds is 3. The van der Waals surface area contributed by atoms with E-state index in [1.807, 2.05) is 17.0 Å². The van der Waals surface area contributed by atoms with Gasteiger partial charge < -0.3 is 15.3 Å². The minimum atomic E-state index is 0.296. The highest BCUT2D eigenvalue weighted by molar-refractivity contribution is 5.77. The number of phenols is 1. The van der Waals surface area contributed by atoms with Crippen LogP contribution in [0.3, 0.4) is 0 Å². The van der Waals surface area contributed by atoms with E-state index < -0.39 is 0 Å². The molecule has 2 saturated heterocycles. The second kappa shape index (κ2) is 6.52. The predicted molar refractivity (Wildman–Crippen MR) is 91.5 cm³/mol. The molecule has 1 aromatic carbocycles. The molecular weight excluding hydrogens is 288 g/mol. The van der Waals surface area contributed by atoms with Gasteiger partial charge in [0.25, 0.3) is 0 Å².